The van der Waals surface area contributed by atoms with Crippen LogP contribution < -0.4 is 11.5 Å². The molecule has 0 spiro atoms. The molecule has 0 saturated carbocycles. The fraction of sp³-hybridized carbons (Fsp3) is 0.833. The molecule has 4 heteroatoms. The third kappa shape index (κ3) is 2.19. The minimum Gasteiger partial charge on any atom is -0.368 e. The lowest BCUT2D eigenvalue weighted by atomic mass is 10.0. The van der Waals surface area contributed by atoms with Crippen molar-refractivity contribution < 1.29 is 4.79 Å². The monoisotopic (exact) mass is 162 g/mol. The lowest BCUT2D eigenvalue weighted by molar-refractivity contribution is -0.119. The van der Waals surface area contributed by atoms with Gasteiger partial charge in [-0.15, -0.1) is 0 Å². The zero-order valence-electron chi connectivity index (χ0n) is 6.55. The van der Waals surface area contributed by atoms with Crippen LogP contribution in [0.4, 0.5) is 0 Å². The van der Waals surface area contributed by atoms with Gasteiger partial charge in [0, 0.05) is 4.75 Å². The molecule has 3 nitrogen and oxygen atoms in total. The molecule has 4 N–H and O–H groups in total. The Labute approximate surface area is 65.5 Å². The largest absolute Gasteiger partial charge is 0.368 e. The van der Waals surface area contributed by atoms with Crippen LogP contribution in [-0.2, 0) is 4.79 Å². The Hall–Kier alpha value is -0.220. The van der Waals surface area contributed by atoms with Crippen molar-refractivity contribution in [2.24, 2.45) is 11.5 Å². The van der Waals surface area contributed by atoms with E-state index in [1.807, 2.05) is 20.1 Å². The van der Waals surface area contributed by atoms with E-state index in [1.54, 1.807) is 0 Å². The van der Waals surface area contributed by atoms with Crippen LogP contribution in [0, 0.1) is 0 Å². The van der Waals surface area contributed by atoms with Gasteiger partial charge in [0.15, 0.2) is 0 Å². The van der Waals surface area contributed by atoms with Crippen molar-refractivity contribution in [2.75, 3.05) is 6.26 Å². The van der Waals surface area contributed by atoms with E-state index in [1.165, 1.54) is 11.8 Å². The molecule has 0 rings (SSSR count). The molecule has 0 aliphatic heterocycles. The quantitative estimate of drug-likeness (QED) is 0.611. The first-order chi connectivity index (χ1) is 4.41. The number of thioether (sulfide) groups is 1. The Morgan fingerprint density at radius 3 is 2.10 bits per heavy atom. The molecule has 0 aromatic rings. The maximum absolute atomic E-state index is 10.6. The normalized spacial score (nSPS) is 14.8. The van der Waals surface area contributed by atoms with Gasteiger partial charge < -0.3 is 11.5 Å². The van der Waals surface area contributed by atoms with Crippen LogP contribution in [0.1, 0.15) is 13.8 Å². The summed E-state index contributed by atoms with van der Waals surface area (Å²) >= 11 is 1.54. The highest BCUT2D eigenvalue weighted by atomic mass is 32.2. The highest BCUT2D eigenvalue weighted by molar-refractivity contribution is 8.00. The number of hydrogen-bond acceptors (Lipinski definition) is 3. The first kappa shape index (κ1) is 9.78. The van der Waals surface area contributed by atoms with E-state index in [0.29, 0.717) is 0 Å². The zero-order chi connectivity index (χ0) is 8.36. The summed E-state index contributed by atoms with van der Waals surface area (Å²) in [6.45, 7) is 3.79. The van der Waals surface area contributed by atoms with Crippen LogP contribution in [0.3, 0.4) is 0 Å². The van der Waals surface area contributed by atoms with Crippen LogP contribution in [0.25, 0.3) is 0 Å². The van der Waals surface area contributed by atoms with Gasteiger partial charge in [-0.3, -0.25) is 4.79 Å². The fourth-order valence-corrected chi connectivity index (χ4v) is 0.840. The number of carbonyl (C=O) groups is 1. The summed E-state index contributed by atoms with van der Waals surface area (Å²) < 4.78 is -0.258. The molecule has 0 saturated heterocycles. The Kier molecular flexibility index (Phi) is 3.18. The SMILES string of the molecule is CSC(C)(C)[C@H](N)C(N)=O. The molecule has 0 aromatic heterocycles. The summed E-state index contributed by atoms with van der Waals surface area (Å²) in [5.74, 6) is -0.445. The lowest BCUT2D eigenvalue weighted by Gasteiger charge is -2.26. The van der Waals surface area contributed by atoms with Crippen LogP contribution >= 0.6 is 11.8 Å². The fourth-order valence-electron chi connectivity index (χ4n) is 0.470. The van der Waals surface area contributed by atoms with Crippen LogP contribution in [0.5, 0.6) is 0 Å². The standard InChI is InChI=1S/C6H14N2OS/c1-6(2,10-3)4(7)5(8)9/h4H,7H2,1-3H3,(H2,8,9)/t4-/m1/s1. The molecule has 0 aliphatic rings. The van der Waals surface area contributed by atoms with Gasteiger partial charge in [-0.25, -0.2) is 0 Å². The van der Waals surface area contributed by atoms with Gasteiger partial charge in [0.1, 0.15) is 0 Å². The Morgan fingerprint density at radius 1 is 1.60 bits per heavy atom. The van der Waals surface area contributed by atoms with Gasteiger partial charge >= 0.3 is 0 Å². The Morgan fingerprint density at radius 2 is 2.00 bits per heavy atom. The number of carbonyl (C=O) groups excluding carboxylic acids is 1. The second kappa shape index (κ2) is 3.25. The van der Waals surface area contributed by atoms with Gasteiger partial charge in [0.2, 0.25) is 5.91 Å². The molecule has 0 bridgehead atoms. The smallest absolute Gasteiger partial charge is 0.235 e. The van der Waals surface area contributed by atoms with Crippen LogP contribution in [-0.4, -0.2) is 23.0 Å². The maximum atomic E-state index is 10.6. The van der Waals surface area contributed by atoms with Crippen molar-refractivity contribution in [1.29, 1.82) is 0 Å². The summed E-state index contributed by atoms with van der Waals surface area (Å²) in [6.07, 6.45) is 1.91. The number of rotatable bonds is 3. The molecule has 10 heavy (non-hydrogen) atoms. The summed E-state index contributed by atoms with van der Waals surface area (Å²) in [5.41, 5.74) is 10.5. The molecule has 0 fully saturated rings. The molecule has 0 aromatic carbocycles. The van der Waals surface area contributed by atoms with Gasteiger partial charge in [-0.2, -0.15) is 11.8 Å². The van der Waals surface area contributed by atoms with Gasteiger partial charge in [-0.05, 0) is 20.1 Å². The van der Waals surface area contributed by atoms with Crippen LogP contribution in [0.2, 0.25) is 0 Å². The second-order valence-electron chi connectivity index (χ2n) is 2.69. The van der Waals surface area contributed by atoms with Gasteiger partial charge in [0.05, 0.1) is 6.04 Å². The number of hydrogen-bond donors (Lipinski definition) is 2. The average Bonchev–Trinajstić information content (AvgIpc) is 1.86. The molecule has 1 atom stereocenters. The van der Waals surface area contributed by atoms with E-state index in [4.69, 9.17) is 11.5 Å². The summed E-state index contributed by atoms with van der Waals surface area (Å²) in [6, 6.07) is -0.567. The molecule has 60 valence electrons. The van der Waals surface area contributed by atoms with Crippen molar-refractivity contribution >= 4 is 17.7 Å². The van der Waals surface area contributed by atoms with E-state index in [-0.39, 0.29) is 4.75 Å². The Balaban J connectivity index is 4.17. The second-order valence-corrected chi connectivity index (χ2v) is 4.15. The minimum absolute atomic E-state index is 0.258. The third-order valence-corrected chi connectivity index (χ3v) is 2.89. The van der Waals surface area contributed by atoms with E-state index in [9.17, 15) is 4.79 Å². The van der Waals surface area contributed by atoms with Crippen LogP contribution in [0.15, 0.2) is 0 Å². The Bertz CT molecular complexity index is 136. The highest BCUT2D eigenvalue weighted by Gasteiger charge is 2.29. The van der Waals surface area contributed by atoms with E-state index >= 15 is 0 Å². The molecule has 0 aliphatic carbocycles. The van der Waals surface area contributed by atoms with E-state index in [0.717, 1.165) is 0 Å². The van der Waals surface area contributed by atoms with Crippen molar-refractivity contribution in [3.63, 3.8) is 0 Å². The minimum atomic E-state index is -0.567. The molecule has 0 radical (unpaired) electrons. The summed E-state index contributed by atoms with van der Waals surface area (Å²) in [4.78, 5) is 10.6. The maximum Gasteiger partial charge on any atom is 0.235 e. The molecule has 0 unspecified atom stereocenters. The first-order valence-electron chi connectivity index (χ1n) is 3.02. The topological polar surface area (TPSA) is 69.1 Å². The average molecular weight is 162 g/mol. The summed E-state index contributed by atoms with van der Waals surface area (Å²) in [5, 5.41) is 0. The molecule has 0 heterocycles. The zero-order valence-corrected chi connectivity index (χ0v) is 7.37. The van der Waals surface area contributed by atoms with Crippen molar-refractivity contribution in [2.45, 2.75) is 24.6 Å². The highest BCUT2D eigenvalue weighted by Crippen LogP contribution is 2.23. The number of nitrogens with two attached hydrogens (primary N) is 2. The van der Waals surface area contributed by atoms with Crippen molar-refractivity contribution in [3.05, 3.63) is 0 Å². The summed E-state index contributed by atoms with van der Waals surface area (Å²) in [7, 11) is 0. The number of primary amides is 1. The van der Waals surface area contributed by atoms with Gasteiger partial charge in [-0.1, -0.05) is 0 Å². The lowest BCUT2D eigenvalue weighted by Crippen LogP contribution is -2.49. The predicted molar refractivity (Wildman–Crippen MR) is 44.8 cm³/mol. The van der Waals surface area contributed by atoms with E-state index in [2.05, 4.69) is 0 Å². The molecule has 1 amide bonds. The molecular weight excluding hydrogens is 148 g/mol. The van der Waals surface area contributed by atoms with Crippen molar-refractivity contribution in [1.82, 2.24) is 0 Å². The van der Waals surface area contributed by atoms with E-state index < -0.39 is 11.9 Å². The third-order valence-electron chi connectivity index (χ3n) is 1.58. The van der Waals surface area contributed by atoms with Crippen molar-refractivity contribution in [3.8, 4) is 0 Å². The predicted octanol–water partition coefficient (Wildman–Crippen LogP) is -0.0594. The first-order valence-corrected chi connectivity index (χ1v) is 4.24. The molecular formula is C6H14N2OS. The van der Waals surface area contributed by atoms with Gasteiger partial charge in [0.25, 0.3) is 0 Å². The number of amides is 1.